The van der Waals surface area contributed by atoms with Crippen LogP contribution in [0.25, 0.3) is 0 Å². The molecular formula is C43H70N12O12S2. The lowest BCUT2D eigenvalue weighted by Crippen LogP contribution is -2.60. The second-order valence-corrected chi connectivity index (χ2v) is 18.1. The smallest absolute Gasteiger partial charge is 0.327 e. The number of thiol groups is 2. The summed E-state index contributed by atoms with van der Waals surface area (Å²) in [5.74, 6) is -8.50. The first-order chi connectivity index (χ1) is 32.5. The van der Waals surface area contributed by atoms with Crippen LogP contribution in [0.3, 0.4) is 0 Å². The summed E-state index contributed by atoms with van der Waals surface area (Å²) in [5, 5.41) is 47.0. The van der Waals surface area contributed by atoms with Gasteiger partial charge in [-0.2, -0.15) is 25.3 Å². The van der Waals surface area contributed by atoms with Crippen molar-refractivity contribution in [3.8, 4) is 5.75 Å². The molecule has 1 aliphatic heterocycles. The lowest BCUT2D eigenvalue weighted by atomic mass is 10.00. The fraction of sp³-hybridized carbons (Fsp3) is 0.628. The Morgan fingerprint density at radius 1 is 0.739 bits per heavy atom. The predicted molar refractivity (Wildman–Crippen MR) is 260 cm³/mol. The average Bonchev–Trinajstić information content (AvgIpc) is 3.79. The Morgan fingerprint density at radius 3 is 1.75 bits per heavy atom. The first kappa shape index (κ1) is 59.3. The molecule has 0 aliphatic carbocycles. The van der Waals surface area contributed by atoms with Crippen molar-refractivity contribution in [1.82, 2.24) is 42.1 Å². The summed E-state index contributed by atoms with van der Waals surface area (Å²) in [5.41, 5.74) is 17.3. The summed E-state index contributed by atoms with van der Waals surface area (Å²) in [6.45, 7) is 5.83. The number of aliphatic hydroxyl groups is 1. The van der Waals surface area contributed by atoms with Gasteiger partial charge >= 0.3 is 5.97 Å². The average molecular weight is 1010 g/mol. The number of hydrogen-bond donors (Lipinski definition) is 15. The third-order valence-electron chi connectivity index (χ3n) is 10.7. The van der Waals surface area contributed by atoms with Crippen LogP contribution in [0.2, 0.25) is 0 Å². The number of likely N-dealkylation sites (tertiary alicyclic amines) is 1. The van der Waals surface area contributed by atoms with Gasteiger partial charge in [0.25, 0.3) is 0 Å². The first-order valence-corrected chi connectivity index (χ1v) is 23.8. The van der Waals surface area contributed by atoms with Gasteiger partial charge in [-0.05, 0) is 68.1 Å². The number of benzene rings is 1. The lowest BCUT2D eigenvalue weighted by Gasteiger charge is -2.28. The summed E-state index contributed by atoms with van der Waals surface area (Å²) in [4.78, 5) is 125. The summed E-state index contributed by atoms with van der Waals surface area (Å²) in [6.07, 6.45) is 0.832. The highest BCUT2D eigenvalue weighted by Crippen LogP contribution is 2.19. The van der Waals surface area contributed by atoms with E-state index in [0.29, 0.717) is 24.9 Å². The molecule has 0 radical (unpaired) electrons. The molecule has 1 aromatic rings. The topological polar surface area (TPSA) is 392 Å². The quantitative estimate of drug-likeness (QED) is 0.0159. The molecule has 0 spiro atoms. The van der Waals surface area contributed by atoms with Crippen LogP contribution in [-0.4, -0.2) is 165 Å². The highest BCUT2D eigenvalue weighted by Gasteiger charge is 2.37. The van der Waals surface area contributed by atoms with E-state index in [1.807, 2.05) is 0 Å². The minimum absolute atomic E-state index is 0.0219. The van der Waals surface area contributed by atoms with Gasteiger partial charge in [-0.3, -0.25) is 43.3 Å². The van der Waals surface area contributed by atoms with E-state index < -0.39 is 115 Å². The van der Waals surface area contributed by atoms with Crippen LogP contribution in [0.15, 0.2) is 29.3 Å². The third-order valence-corrected chi connectivity index (χ3v) is 11.4. The monoisotopic (exact) mass is 1010 g/mol. The number of phenolic OH excluding ortho intramolecular Hbond substituents is 1. The number of amides is 8. The zero-order valence-corrected chi connectivity index (χ0v) is 41.1. The van der Waals surface area contributed by atoms with Gasteiger partial charge in [0.15, 0.2) is 5.96 Å². The van der Waals surface area contributed by atoms with E-state index >= 15 is 0 Å². The molecular weight excluding hydrogens is 941 g/mol. The third kappa shape index (κ3) is 20.7. The van der Waals surface area contributed by atoms with Crippen molar-refractivity contribution < 1.29 is 58.5 Å². The summed E-state index contributed by atoms with van der Waals surface area (Å²) >= 11 is 8.02. The zero-order valence-electron chi connectivity index (χ0n) is 39.3. The number of nitrogens with two attached hydrogens (primary N) is 3. The van der Waals surface area contributed by atoms with E-state index in [4.69, 9.17) is 17.2 Å². The van der Waals surface area contributed by atoms with E-state index in [-0.39, 0.29) is 73.7 Å². The SMILES string of the molecule is CC(C)CC(NC(=O)C(CO)NC(=O)C(CCCN=C(N)N)NC(=O)C(CC(C)C)NC(=O)C(Cc1ccc(O)cc1)NC(=O)CNC(=O)C1CCCN1C(=O)C(N)CS)C(=O)NC(CS)C(=O)O. The van der Waals surface area contributed by atoms with Gasteiger partial charge in [0.05, 0.1) is 19.2 Å². The Kier molecular flexibility index (Phi) is 25.7. The van der Waals surface area contributed by atoms with Crippen LogP contribution in [0.4, 0.5) is 0 Å². The molecule has 1 aromatic carbocycles. The molecule has 0 saturated carbocycles. The summed E-state index contributed by atoms with van der Waals surface area (Å²) in [7, 11) is 0. The van der Waals surface area contributed by atoms with E-state index in [9.17, 15) is 58.5 Å². The number of guanidine groups is 1. The molecule has 0 aromatic heterocycles. The molecule has 0 bridgehead atoms. The number of aromatic hydroxyl groups is 1. The molecule has 2 rings (SSSR count). The van der Waals surface area contributed by atoms with Crippen LogP contribution in [0.5, 0.6) is 5.75 Å². The van der Waals surface area contributed by atoms with Gasteiger partial charge < -0.3 is 74.6 Å². The van der Waals surface area contributed by atoms with E-state index in [1.54, 1.807) is 27.7 Å². The van der Waals surface area contributed by atoms with Crippen molar-refractivity contribution in [2.75, 3.05) is 37.7 Å². The fourth-order valence-corrected chi connectivity index (χ4v) is 7.52. The Labute approximate surface area is 412 Å². The van der Waals surface area contributed by atoms with Gasteiger partial charge in [-0.1, -0.05) is 39.8 Å². The number of aliphatic carboxylic acids is 1. The molecule has 16 N–H and O–H groups in total. The number of hydrogen-bond acceptors (Lipinski definition) is 15. The van der Waals surface area contributed by atoms with Crippen LogP contribution < -0.4 is 54.4 Å². The van der Waals surface area contributed by atoms with Gasteiger partial charge in [-0.15, -0.1) is 0 Å². The standard InChI is InChI=1S/C43H70N12O12S2/c1-22(2)15-28(51-38(62)30(17-24-9-11-25(57)12-10-24)49-34(58)18-48-40(64)33-8-6-14-55(33)41(65)26(44)20-68)36(60)50-27(7-5-13-47-43(45)46)35(59)53-31(19-56)39(63)52-29(16-23(3)4)37(61)54-32(21-69)42(66)67/h9-12,22-23,26-33,56-57,68-69H,5-8,13-21,44H2,1-4H3,(H,48,64)(H,49,58)(H,50,60)(H,51,62)(H,52,63)(H,53,59)(H,54,61)(H,66,67)(H4,45,46,47). The molecule has 8 atom stereocenters. The molecule has 24 nitrogen and oxygen atoms in total. The normalized spacial score (nSPS) is 16.4. The fourth-order valence-electron chi connectivity index (χ4n) is 7.12. The Balaban J connectivity index is 2.35. The highest BCUT2D eigenvalue weighted by molar-refractivity contribution is 7.80. The molecule has 8 unspecified atom stereocenters. The summed E-state index contributed by atoms with van der Waals surface area (Å²) < 4.78 is 0. The van der Waals surface area contributed by atoms with Crippen LogP contribution >= 0.6 is 25.3 Å². The molecule has 8 amide bonds. The van der Waals surface area contributed by atoms with Crippen molar-refractivity contribution >= 4 is 84.4 Å². The van der Waals surface area contributed by atoms with Gasteiger partial charge in [-0.25, -0.2) is 4.79 Å². The van der Waals surface area contributed by atoms with Crippen molar-refractivity contribution in [2.24, 2.45) is 34.0 Å². The number of carboxylic acids is 1. The molecule has 1 aliphatic rings. The van der Waals surface area contributed by atoms with Gasteiger partial charge in [0, 0.05) is 31.0 Å². The molecule has 26 heteroatoms. The van der Waals surface area contributed by atoms with Crippen molar-refractivity contribution in [2.45, 2.75) is 121 Å². The number of rotatable bonds is 29. The maximum atomic E-state index is 14.1. The largest absolute Gasteiger partial charge is 0.508 e. The number of nitrogens with zero attached hydrogens (tertiary/aromatic N) is 2. The number of aliphatic imine (C=N–C) groups is 1. The Morgan fingerprint density at radius 2 is 1.25 bits per heavy atom. The second-order valence-electron chi connectivity index (χ2n) is 17.4. The lowest BCUT2D eigenvalue weighted by molar-refractivity contribution is -0.141. The molecule has 1 fully saturated rings. The van der Waals surface area contributed by atoms with E-state index in [2.05, 4.69) is 67.5 Å². The van der Waals surface area contributed by atoms with Gasteiger partial charge in [0.2, 0.25) is 47.3 Å². The van der Waals surface area contributed by atoms with Crippen LogP contribution in [-0.2, 0) is 49.6 Å². The van der Waals surface area contributed by atoms with Crippen molar-refractivity contribution in [1.29, 1.82) is 0 Å². The molecule has 1 heterocycles. The Hall–Kier alpha value is -5.86. The highest BCUT2D eigenvalue weighted by atomic mass is 32.1. The summed E-state index contributed by atoms with van der Waals surface area (Å²) in [6, 6.07) is -4.39. The number of carbonyl (C=O) groups excluding carboxylic acids is 8. The zero-order chi connectivity index (χ0) is 52.0. The van der Waals surface area contributed by atoms with E-state index in [0.717, 1.165) is 0 Å². The van der Waals surface area contributed by atoms with Crippen molar-refractivity contribution in [3.63, 3.8) is 0 Å². The second kappa shape index (κ2) is 29.9. The minimum atomic E-state index is -1.66. The Bertz CT molecular complexity index is 1960. The first-order valence-electron chi connectivity index (χ1n) is 22.5. The van der Waals surface area contributed by atoms with Crippen LogP contribution in [0, 0.1) is 11.8 Å². The number of carbonyl (C=O) groups is 9. The number of aliphatic hydroxyl groups excluding tert-OH is 1. The minimum Gasteiger partial charge on any atom is -0.508 e. The van der Waals surface area contributed by atoms with Gasteiger partial charge in [0.1, 0.15) is 48.0 Å². The van der Waals surface area contributed by atoms with Crippen LogP contribution in [0.1, 0.15) is 71.8 Å². The number of carboxylic acid groups (broad SMARTS) is 1. The molecule has 1 saturated heterocycles. The number of phenols is 1. The maximum absolute atomic E-state index is 14.1. The maximum Gasteiger partial charge on any atom is 0.327 e. The van der Waals surface area contributed by atoms with E-state index in [1.165, 1.54) is 29.2 Å². The number of nitrogens with one attached hydrogen (secondary N) is 7. The molecule has 69 heavy (non-hydrogen) atoms. The predicted octanol–water partition coefficient (Wildman–Crippen LogP) is -3.64. The molecule has 386 valence electrons. The van der Waals surface area contributed by atoms with Crippen molar-refractivity contribution in [3.05, 3.63) is 29.8 Å².